The van der Waals surface area contributed by atoms with Crippen molar-refractivity contribution in [2.75, 3.05) is 38.3 Å². The molecule has 4 rings (SSSR count). The van der Waals surface area contributed by atoms with Crippen LogP contribution in [-0.2, 0) is 10.2 Å². The van der Waals surface area contributed by atoms with E-state index in [4.69, 9.17) is 4.74 Å². The largest absolute Gasteiger partial charge is 0.490 e. The summed E-state index contributed by atoms with van der Waals surface area (Å²) in [5.41, 5.74) is 1.88. The molecular weight excluding hydrogens is 480 g/mol. The Hall–Kier alpha value is -3.25. The van der Waals surface area contributed by atoms with Crippen LogP contribution < -0.4 is 14.4 Å². The highest BCUT2D eigenvalue weighted by Gasteiger charge is 2.30. The lowest BCUT2D eigenvalue weighted by Crippen LogP contribution is -2.41. The van der Waals surface area contributed by atoms with Gasteiger partial charge in [-0.3, -0.25) is 9.20 Å². The summed E-state index contributed by atoms with van der Waals surface area (Å²) in [5.74, 6) is -0.795. The zero-order chi connectivity index (χ0) is 25.2. The van der Waals surface area contributed by atoms with Crippen LogP contribution in [0.25, 0.3) is 5.65 Å². The molecule has 1 saturated heterocycles. The number of hydrogen-bond donors (Lipinski definition) is 1. The predicted molar refractivity (Wildman–Crippen MR) is 127 cm³/mol. The molecule has 1 aliphatic heterocycles. The number of alkyl halides is 1. The molecule has 1 aliphatic rings. The molecule has 1 amide bonds. The molecule has 3 heterocycles. The third-order valence-corrected chi connectivity index (χ3v) is 7.57. The molecule has 0 radical (unpaired) electrons. The Kier molecular flexibility index (Phi) is 7.22. The van der Waals surface area contributed by atoms with Crippen LogP contribution in [0.3, 0.4) is 0 Å². The van der Waals surface area contributed by atoms with Crippen LogP contribution in [0, 0.1) is 5.82 Å². The van der Waals surface area contributed by atoms with Gasteiger partial charge in [-0.25, -0.2) is 18.5 Å². The number of nitrogens with one attached hydrogen (secondary N) is 1. The summed E-state index contributed by atoms with van der Waals surface area (Å²) in [6.07, 6.45) is 4.58. The molecule has 0 unspecified atom stereocenters. The van der Waals surface area contributed by atoms with Crippen LogP contribution in [0.1, 0.15) is 41.9 Å². The van der Waals surface area contributed by atoms with Crippen LogP contribution in [-0.4, -0.2) is 61.4 Å². The highest BCUT2D eigenvalue weighted by atomic mass is 32.2. The molecule has 2 aromatic heterocycles. The van der Waals surface area contributed by atoms with E-state index in [-0.39, 0.29) is 24.9 Å². The summed E-state index contributed by atoms with van der Waals surface area (Å²) in [6.45, 7) is 1.75. The standard InChI is InChI=1S/C23H27F2N5O4S/c1-3-28(2)35(32,33)27-23(31)20-14-26-22-9-7-17(15-30(20)22)29-11-4-5-19(29)18-13-16(25)6-8-21(18)34-12-10-24/h6-9,13-15,19H,3-5,10-12H2,1-2H3,(H,27,31)/t19-/m1/s1. The Morgan fingerprint density at radius 3 is 2.86 bits per heavy atom. The Bertz CT molecular complexity index is 1330. The van der Waals surface area contributed by atoms with E-state index < -0.39 is 28.6 Å². The van der Waals surface area contributed by atoms with E-state index in [1.54, 1.807) is 19.2 Å². The van der Waals surface area contributed by atoms with Gasteiger partial charge in [0.1, 0.15) is 36.2 Å². The van der Waals surface area contributed by atoms with Crippen molar-refractivity contribution in [3.05, 3.63) is 59.8 Å². The zero-order valence-electron chi connectivity index (χ0n) is 19.4. The number of carbonyl (C=O) groups is 1. The summed E-state index contributed by atoms with van der Waals surface area (Å²) < 4.78 is 61.6. The fraction of sp³-hybridized carbons (Fsp3) is 0.391. The predicted octanol–water partition coefficient (Wildman–Crippen LogP) is 3.09. The quantitative estimate of drug-likeness (QED) is 0.478. The van der Waals surface area contributed by atoms with Crippen molar-refractivity contribution in [2.45, 2.75) is 25.8 Å². The van der Waals surface area contributed by atoms with Gasteiger partial charge in [0, 0.05) is 31.9 Å². The van der Waals surface area contributed by atoms with Crippen LogP contribution in [0.4, 0.5) is 14.5 Å². The van der Waals surface area contributed by atoms with E-state index in [0.717, 1.165) is 22.8 Å². The van der Waals surface area contributed by atoms with Crippen molar-refractivity contribution in [3.63, 3.8) is 0 Å². The number of pyridine rings is 1. The molecule has 0 aliphatic carbocycles. The molecule has 3 aromatic rings. The van der Waals surface area contributed by atoms with E-state index in [9.17, 15) is 22.0 Å². The normalized spacial score (nSPS) is 16.3. The number of halogens is 2. The number of aromatic nitrogens is 2. The minimum absolute atomic E-state index is 0.0587. The third kappa shape index (κ3) is 5.08. The van der Waals surface area contributed by atoms with Crippen molar-refractivity contribution in [1.29, 1.82) is 0 Å². The lowest BCUT2D eigenvalue weighted by molar-refractivity contribution is 0.0974. The number of hydrogen-bond acceptors (Lipinski definition) is 6. The fourth-order valence-electron chi connectivity index (χ4n) is 4.18. The number of nitrogens with zero attached hydrogens (tertiary/aromatic N) is 4. The molecule has 0 saturated carbocycles. The topological polar surface area (TPSA) is 96.2 Å². The number of imidazole rings is 1. The number of anilines is 1. The molecular formula is C23H27F2N5O4S. The zero-order valence-corrected chi connectivity index (χ0v) is 20.3. The minimum atomic E-state index is -3.99. The van der Waals surface area contributed by atoms with Crippen LogP contribution >= 0.6 is 0 Å². The summed E-state index contributed by atoms with van der Waals surface area (Å²) >= 11 is 0. The Balaban J connectivity index is 1.67. The van der Waals surface area contributed by atoms with Gasteiger partial charge in [-0.1, -0.05) is 6.92 Å². The number of fused-ring (bicyclic) bond motifs is 1. The number of carbonyl (C=O) groups excluding carboxylic acids is 1. The second-order valence-electron chi connectivity index (χ2n) is 8.18. The summed E-state index contributed by atoms with van der Waals surface area (Å²) in [6, 6.07) is 7.53. The highest BCUT2D eigenvalue weighted by molar-refractivity contribution is 7.87. The van der Waals surface area contributed by atoms with E-state index in [0.29, 0.717) is 23.5 Å². The van der Waals surface area contributed by atoms with Crippen molar-refractivity contribution in [3.8, 4) is 5.75 Å². The second-order valence-corrected chi connectivity index (χ2v) is 9.96. The van der Waals surface area contributed by atoms with Crippen LogP contribution in [0.2, 0.25) is 0 Å². The van der Waals surface area contributed by atoms with Gasteiger partial charge in [-0.15, -0.1) is 0 Å². The van der Waals surface area contributed by atoms with Crippen LogP contribution in [0.5, 0.6) is 5.75 Å². The molecule has 0 bridgehead atoms. The molecule has 9 nitrogen and oxygen atoms in total. The van der Waals surface area contributed by atoms with Crippen molar-refractivity contribution >= 4 is 27.5 Å². The fourth-order valence-corrected chi connectivity index (χ4v) is 5.02. The molecule has 12 heteroatoms. The first-order chi connectivity index (χ1) is 16.7. The lowest BCUT2D eigenvalue weighted by Gasteiger charge is -2.28. The molecule has 1 N–H and O–H groups in total. The van der Waals surface area contributed by atoms with Crippen molar-refractivity contribution < 1.29 is 26.7 Å². The highest BCUT2D eigenvalue weighted by Crippen LogP contribution is 2.40. The number of amides is 1. The van der Waals surface area contributed by atoms with E-state index in [2.05, 4.69) is 14.6 Å². The third-order valence-electron chi connectivity index (χ3n) is 6.05. The van der Waals surface area contributed by atoms with E-state index in [1.807, 2.05) is 6.07 Å². The smallest absolute Gasteiger partial charge is 0.303 e. The first-order valence-corrected chi connectivity index (χ1v) is 12.7. The number of rotatable bonds is 9. The monoisotopic (exact) mass is 507 g/mol. The van der Waals surface area contributed by atoms with Crippen molar-refractivity contribution in [2.24, 2.45) is 0 Å². The van der Waals surface area contributed by atoms with Gasteiger partial charge < -0.3 is 9.64 Å². The van der Waals surface area contributed by atoms with Crippen molar-refractivity contribution in [1.82, 2.24) is 18.4 Å². The number of benzene rings is 1. The maximum Gasteiger partial charge on any atom is 0.303 e. The number of ether oxygens (including phenoxy) is 1. The average molecular weight is 508 g/mol. The first-order valence-electron chi connectivity index (χ1n) is 11.3. The van der Waals surface area contributed by atoms with E-state index >= 15 is 0 Å². The molecule has 35 heavy (non-hydrogen) atoms. The Morgan fingerprint density at radius 2 is 2.11 bits per heavy atom. The first kappa shape index (κ1) is 24.9. The SMILES string of the molecule is CCN(C)S(=O)(=O)NC(=O)c1cnc2ccc(N3CCC[C@@H]3c3cc(F)ccc3OCCF)cn12. The molecule has 1 fully saturated rings. The van der Waals surface area contributed by atoms with Gasteiger partial charge in [-0.05, 0) is 43.2 Å². The second kappa shape index (κ2) is 10.2. The average Bonchev–Trinajstić information content (AvgIpc) is 3.49. The molecule has 188 valence electrons. The van der Waals surface area contributed by atoms with Gasteiger partial charge in [0.25, 0.3) is 5.91 Å². The maximum absolute atomic E-state index is 14.1. The molecule has 1 atom stereocenters. The summed E-state index contributed by atoms with van der Waals surface area (Å²) in [4.78, 5) is 19.0. The van der Waals surface area contributed by atoms with Crippen LogP contribution in [0.15, 0.2) is 42.7 Å². The van der Waals surface area contributed by atoms with Gasteiger partial charge in [-0.2, -0.15) is 12.7 Å². The summed E-state index contributed by atoms with van der Waals surface area (Å²) in [7, 11) is -2.62. The molecule has 1 aromatic carbocycles. The van der Waals surface area contributed by atoms with Gasteiger partial charge >= 0.3 is 10.2 Å². The van der Waals surface area contributed by atoms with E-state index in [1.165, 1.54) is 35.8 Å². The van der Waals surface area contributed by atoms with Gasteiger partial charge in [0.15, 0.2) is 0 Å². The Morgan fingerprint density at radius 1 is 1.31 bits per heavy atom. The maximum atomic E-state index is 14.1. The summed E-state index contributed by atoms with van der Waals surface area (Å²) in [5, 5.41) is 0. The lowest BCUT2D eigenvalue weighted by atomic mass is 10.0. The minimum Gasteiger partial charge on any atom is -0.490 e. The van der Waals surface area contributed by atoms with Gasteiger partial charge in [0.05, 0.1) is 17.9 Å². The Labute approximate surface area is 202 Å². The van der Waals surface area contributed by atoms with Gasteiger partial charge in [0.2, 0.25) is 0 Å². The molecule has 0 spiro atoms.